The van der Waals surface area contributed by atoms with Crippen molar-refractivity contribution >= 4 is 12.2 Å². The first-order valence-corrected chi connectivity index (χ1v) is 9.90. The van der Waals surface area contributed by atoms with Crippen molar-refractivity contribution in [2.75, 3.05) is 5.43 Å². The van der Waals surface area contributed by atoms with Gasteiger partial charge >= 0.3 is 0 Å². The summed E-state index contributed by atoms with van der Waals surface area (Å²) in [6.45, 7) is 2.58. The lowest BCUT2D eigenvalue weighted by molar-refractivity contribution is 0.306. The second-order valence-corrected chi connectivity index (χ2v) is 7.06. The topological polar surface area (TPSA) is 79.4 Å². The van der Waals surface area contributed by atoms with Crippen molar-refractivity contribution in [3.05, 3.63) is 112 Å². The lowest BCUT2D eigenvalue weighted by Gasteiger charge is -2.07. The first-order chi connectivity index (χ1) is 15.2. The molecule has 0 radical (unpaired) electrons. The fourth-order valence-electron chi connectivity index (χ4n) is 2.94. The Morgan fingerprint density at radius 1 is 1.00 bits per heavy atom. The number of hydrogen-bond acceptors (Lipinski definition) is 5. The highest BCUT2D eigenvalue weighted by molar-refractivity contribution is 5.80. The molecule has 0 saturated heterocycles. The van der Waals surface area contributed by atoms with Crippen molar-refractivity contribution in [3.8, 4) is 17.0 Å². The van der Waals surface area contributed by atoms with Gasteiger partial charge in [-0.25, -0.2) is 10.4 Å². The maximum absolute atomic E-state index is 11.9. The number of hydrogen-bond donors (Lipinski definition) is 2. The van der Waals surface area contributed by atoms with Gasteiger partial charge in [0.25, 0.3) is 5.56 Å². The van der Waals surface area contributed by atoms with E-state index in [-0.39, 0.29) is 11.5 Å². The van der Waals surface area contributed by atoms with E-state index < -0.39 is 0 Å². The molecule has 1 heterocycles. The van der Waals surface area contributed by atoms with E-state index in [1.165, 1.54) is 11.6 Å². The monoisotopic (exact) mass is 410 g/mol. The van der Waals surface area contributed by atoms with Gasteiger partial charge in [0.15, 0.2) is 0 Å². The van der Waals surface area contributed by atoms with Crippen LogP contribution in [0.2, 0.25) is 0 Å². The van der Waals surface area contributed by atoms with Gasteiger partial charge in [0.1, 0.15) is 12.4 Å². The maximum atomic E-state index is 11.9. The van der Waals surface area contributed by atoms with Gasteiger partial charge in [0.05, 0.1) is 11.9 Å². The predicted molar refractivity (Wildman–Crippen MR) is 123 cm³/mol. The largest absolute Gasteiger partial charge is 0.489 e. The summed E-state index contributed by atoms with van der Waals surface area (Å²) in [5, 5.41) is 4.17. The quantitative estimate of drug-likeness (QED) is 0.340. The second-order valence-electron chi connectivity index (χ2n) is 7.06. The van der Waals surface area contributed by atoms with Crippen LogP contribution >= 0.6 is 0 Å². The number of aryl methyl sites for hydroxylation is 1. The maximum Gasteiger partial charge on any atom is 0.252 e. The van der Waals surface area contributed by atoms with Crippen LogP contribution in [0.15, 0.2) is 94.8 Å². The van der Waals surface area contributed by atoms with Crippen molar-refractivity contribution in [2.45, 2.75) is 13.5 Å². The number of ether oxygens (including phenoxy) is 1. The Labute approximate surface area is 180 Å². The van der Waals surface area contributed by atoms with Crippen molar-refractivity contribution in [3.63, 3.8) is 0 Å². The van der Waals surface area contributed by atoms with Crippen molar-refractivity contribution in [2.24, 2.45) is 5.10 Å². The molecule has 1 aromatic heterocycles. The van der Waals surface area contributed by atoms with Gasteiger partial charge < -0.3 is 4.74 Å². The molecular formula is C25H22N4O2. The number of H-pyrrole nitrogens is 1. The van der Waals surface area contributed by atoms with Crippen LogP contribution in [0, 0.1) is 6.92 Å². The molecule has 0 aliphatic rings. The highest BCUT2D eigenvalue weighted by Crippen LogP contribution is 2.16. The molecular weight excluding hydrogens is 388 g/mol. The Hall–Kier alpha value is -4.19. The van der Waals surface area contributed by atoms with Gasteiger partial charge in [-0.2, -0.15) is 5.10 Å². The Morgan fingerprint density at radius 3 is 2.48 bits per heavy atom. The molecule has 0 saturated carbocycles. The SMILES string of the molecule is Cc1ccc(COc2ccc(/C=N/Nc3nc(-c4ccccc4)cc(=O)[nH]3)cc2)cc1. The molecule has 0 amide bonds. The van der Waals surface area contributed by atoms with E-state index in [9.17, 15) is 4.79 Å². The summed E-state index contributed by atoms with van der Waals surface area (Å²) in [4.78, 5) is 19.0. The first kappa shape index (κ1) is 20.1. The molecule has 4 rings (SSSR count). The number of benzene rings is 3. The van der Waals surface area contributed by atoms with Gasteiger partial charge in [0, 0.05) is 11.6 Å². The van der Waals surface area contributed by atoms with E-state index in [4.69, 9.17) is 4.74 Å². The summed E-state index contributed by atoms with van der Waals surface area (Å²) in [5.41, 5.74) is 7.22. The van der Waals surface area contributed by atoms with Crippen molar-refractivity contribution in [1.29, 1.82) is 0 Å². The normalized spacial score (nSPS) is 10.9. The Bertz CT molecular complexity index is 1220. The molecule has 0 fully saturated rings. The van der Waals surface area contributed by atoms with Gasteiger partial charge in [-0.3, -0.25) is 9.78 Å². The van der Waals surface area contributed by atoms with Crippen LogP contribution < -0.4 is 15.7 Å². The van der Waals surface area contributed by atoms with E-state index >= 15 is 0 Å². The summed E-state index contributed by atoms with van der Waals surface area (Å²) in [7, 11) is 0. The molecule has 0 unspecified atom stereocenters. The van der Waals surface area contributed by atoms with Crippen LogP contribution in [0.3, 0.4) is 0 Å². The summed E-state index contributed by atoms with van der Waals surface area (Å²) in [6.07, 6.45) is 1.65. The third kappa shape index (κ3) is 5.67. The van der Waals surface area contributed by atoms with E-state index in [0.717, 1.165) is 22.4 Å². The third-order valence-electron chi connectivity index (χ3n) is 4.60. The summed E-state index contributed by atoms with van der Waals surface area (Å²) in [6, 6.07) is 26.9. The van der Waals surface area contributed by atoms with Crippen LogP contribution in [-0.4, -0.2) is 16.2 Å². The van der Waals surface area contributed by atoms with E-state index in [0.29, 0.717) is 12.3 Å². The number of aromatic nitrogens is 2. The van der Waals surface area contributed by atoms with Gasteiger partial charge in [-0.15, -0.1) is 0 Å². The minimum atomic E-state index is -0.248. The second kappa shape index (κ2) is 9.54. The molecule has 0 aliphatic heterocycles. The zero-order valence-corrected chi connectivity index (χ0v) is 17.1. The average molecular weight is 410 g/mol. The first-order valence-electron chi connectivity index (χ1n) is 9.90. The average Bonchev–Trinajstić information content (AvgIpc) is 2.80. The van der Waals surface area contributed by atoms with Crippen LogP contribution in [0.5, 0.6) is 5.75 Å². The van der Waals surface area contributed by atoms with Gasteiger partial charge in [-0.1, -0.05) is 60.2 Å². The molecule has 6 nitrogen and oxygen atoms in total. The van der Waals surface area contributed by atoms with E-state index in [1.807, 2.05) is 54.6 Å². The zero-order chi connectivity index (χ0) is 21.5. The number of rotatable bonds is 7. The minimum absolute atomic E-state index is 0.248. The molecule has 31 heavy (non-hydrogen) atoms. The minimum Gasteiger partial charge on any atom is -0.489 e. The Morgan fingerprint density at radius 2 is 1.74 bits per heavy atom. The molecule has 154 valence electrons. The van der Waals surface area contributed by atoms with E-state index in [1.54, 1.807) is 6.21 Å². The molecule has 0 bridgehead atoms. The third-order valence-corrected chi connectivity index (χ3v) is 4.60. The molecule has 6 heteroatoms. The van der Waals surface area contributed by atoms with Crippen LogP contribution in [0.1, 0.15) is 16.7 Å². The zero-order valence-electron chi connectivity index (χ0n) is 17.1. The van der Waals surface area contributed by atoms with Gasteiger partial charge in [0.2, 0.25) is 5.95 Å². The lowest BCUT2D eigenvalue weighted by Crippen LogP contribution is -2.10. The Kier molecular flexibility index (Phi) is 6.18. The van der Waals surface area contributed by atoms with E-state index in [2.05, 4.69) is 51.7 Å². The Balaban J connectivity index is 1.36. The number of hydrazone groups is 1. The fraction of sp³-hybridized carbons (Fsp3) is 0.0800. The van der Waals surface area contributed by atoms with Crippen molar-refractivity contribution < 1.29 is 4.74 Å². The number of aromatic amines is 1. The molecule has 4 aromatic rings. The fourth-order valence-corrected chi connectivity index (χ4v) is 2.94. The highest BCUT2D eigenvalue weighted by atomic mass is 16.5. The molecule has 0 atom stereocenters. The summed E-state index contributed by atoms with van der Waals surface area (Å²) >= 11 is 0. The molecule has 2 N–H and O–H groups in total. The van der Waals surface area contributed by atoms with Crippen molar-refractivity contribution in [1.82, 2.24) is 9.97 Å². The standard InChI is InChI=1S/C25H22N4O2/c1-18-7-9-20(10-8-18)17-31-22-13-11-19(12-14-22)16-26-29-25-27-23(15-24(30)28-25)21-5-3-2-4-6-21/h2-16H,17H2,1H3,(H2,27,28,29,30)/b26-16+. The van der Waals surface area contributed by atoms with Crippen LogP contribution in [0.25, 0.3) is 11.3 Å². The number of anilines is 1. The highest BCUT2D eigenvalue weighted by Gasteiger charge is 2.03. The smallest absolute Gasteiger partial charge is 0.252 e. The molecule has 3 aromatic carbocycles. The number of nitrogens with one attached hydrogen (secondary N) is 2. The van der Waals surface area contributed by atoms with Crippen LogP contribution in [-0.2, 0) is 6.61 Å². The lowest BCUT2D eigenvalue weighted by atomic mass is 10.1. The molecule has 0 aliphatic carbocycles. The number of nitrogens with zero attached hydrogens (tertiary/aromatic N) is 2. The van der Waals surface area contributed by atoms with Gasteiger partial charge in [-0.05, 0) is 42.3 Å². The summed E-state index contributed by atoms with van der Waals surface area (Å²) in [5.74, 6) is 1.06. The van der Waals surface area contributed by atoms with Crippen LogP contribution in [0.4, 0.5) is 5.95 Å². The predicted octanol–water partition coefficient (Wildman–Crippen LogP) is 4.77. The summed E-state index contributed by atoms with van der Waals surface area (Å²) < 4.78 is 5.82. The molecule has 0 spiro atoms.